The molecule has 6 atom stereocenters. The lowest BCUT2D eigenvalue weighted by atomic mass is 9.72. The highest BCUT2D eigenvalue weighted by Gasteiger charge is 2.43. The first-order valence-electron chi connectivity index (χ1n) is 16.7. The third-order valence-corrected chi connectivity index (χ3v) is 11.1. The molecule has 2 amide bonds. The van der Waals surface area contributed by atoms with Gasteiger partial charge in [0.1, 0.15) is 0 Å². The molecule has 8 nitrogen and oxygen atoms in total. The van der Waals surface area contributed by atoms with Crippen LogP contribution in [0.15, 0.2) is 35.2 Å². The SMILES string of the molecule is C[C@@H](C(=O)N[C@@H](CSc1ccccc1)[C@H](O)CN1CC2CCCCC2C[C@H]1C(=O)NC(C)(C)C)C(C)(C)C(=O)CNC1CC1. The van der Waals surface area contributed by atoms with Gasteiger partial charge in [-0.25, -0.2) is 0 Å². The van der Waals surface area contributed by atoms with Crippen LogP contribution in [-0.4, -0.2) is 82.8 Å². The summed E-state index contributed by atoms with van der Waals surface area (Å²) in [4.78, 5) is 43.6. The van der Waals surface area contributed by atoms with Gasteiger partial charge in [0.2, 0.25) is 11.8 Å². The number of likely N-dealkylation sites (tertiary alicyclic amines) is 1. The number of carbonyl (C=O) groups excluding carboxylic acids is 3. The summed E-state index contributed by atoms with van der Waals surface area (Å²) in [6.07, 6.45) is 6.86. The molecule has 1 aromatic carbocycles. The maximum atomic E-state index is 13.7. The zero-order chi connectivity index (χ0) is 32.1. The predicted octanol–water partition coefficient (Wildman–Crippen LogP) is 4.40. The molecule has 4 rings (SSSR count). The zero-order valence-corrected chi connectivity index (χ0v) is 28.6. The maximum absolute atomic E-state index is 13.7. The summed E-state index contributed by atoms with van der Waals surface area (Å²) >= 11 is 1.59. The number of β-amino-alcohol motifs (C(OH)–C–C–N with tert-alkyl or cyclic N) is 1. The number of piperidine rings is 1. The second-order valence-corrected chi connectivity index (χ2v) is 16.2. The molecule has 1 heterocycles. The molecule has 2 saturated carbocycles. The summed E-state index contributed by atoms with van der Waals surface area (Å²) in [5.41, 5.74) is -1.20. The molecule has 0 radical (unpaired) electrons. The number of benzene rings is 1. The first-order chi connectivity index (χ1) is 20.7. The van der Waals surface area contributed by atoms with Gasteiger partial charge in [-0.3, -0.25) is 19.3 Å². The quantitative estimate of drug-likeness (QED) is 0.226. The molecule has 3 aliphatic rings. The molecule has 2 unspecified atom stereocenters. The molecular weight excluding hydrogens is 572 g/mol. The number of Topliss-reactive ketones (excluding diaryl/α,β-unsaturated/α-hetero) is 1. The Kier molecular flexibility index (Phi) is 12.0. The number of carbonyl (C=O) groups is 3. The van der Waals surface area contributed by atoms with E-state index < -0.39 is 23.5 Å². The van der Waals surface area contributed by atoms with Crippen molar-refractivity contribution in [3.63, 3.8) is 0 Å². The summed E-state index contributed by atoms with van der Waals surface area (Å²) in [7, 11) is 0. The molecule has 2 aliphatic carbocycles. The Balaban J connectivity index is 1.48. The standard InChI is InChI=1S/C35H56N4O4S/c1-23(35(5,6)31(41)19-36-26-16-17-26)32(42)37-28(22-44-27-14-8-7-9-15-27)30(40)21-39-20-25-13-11-10-12-24(25)18-29(39)33(43)38-34(2,3)4/h7-9,14-15,23-26,28-30,36,40H,10-13,16-22H2,1-6H3,(H,37,42)(H,38,43)/t23-,24?,25?,28-,29-,30+/m0/s1. The Bertz CT molecular complexity index is 1120. The second kappa shape index (κ2) is 15.1. The number of aliphatic hydroxyl groups excluding tert-OH is 1. The van der Waals surface area contributed by atoms with Gasteiger partial charge in [-0.1, -0.05) is 58.2 Å². The van der Waals surface area contributed by atoms with Crippen molar-refractivity contribution in [1.82, 2.24) is 20.9 Å². The lowest BCUT2D eigenvalue weighted by molar-refractivity contribution is -0.138. The molecule has 246 valence electrons. The highest BCUT2D eigenvalue weighted by molar-refractivity contribution is 7.99. The summed E-state index contributed by atoms with van der Waals surface area (Å²) < 4.78 is 0. The van der Waals surface area contributed by atoms with E-state index in [0.717, 1.165) is 43.5 Å². The molecule has 1 saturated heterocycles. The van der Waals surface area contributed by atoms with Gasteiger partial charge >= 0.3 is 0 Å². The number of hydrogen-bond donors (Lipinski definition) is 4. The third-order valence-electron chi connectivity index (χ3n) is 10.0. The van der Waals surface area contributed by atoms with Crippen molar-refractivity contribution in [3.8, 4) is 0 Å². The fourth-order valence-corrected chi connectivity index (χ4v) is 7.60. The summed E-state index contributed by atoms with van der Waals surface area (Å²) in [6, 6.07) is 9.52. The molecule has 9 heteroatoms. The number of amides is 2. The van der Waals surface area contributed by atoms with Crippen molar-refractivity contribution >= 4 is 29.4 Å². The fourth-order valence-electron chi connectivity index (χ4n) is 6.58. The smallest absolute Gasteiger partial charge is 0.237 e. The van der Waals surface area contributed by atoms with E-state index in [1.54, 1.807) is 18.7 Å². The highest BCUT2D eigenvalue weighted by atomic mass is 32.2. The predicted molar refractivity (Wildman–Crippen MR) is 177 cm³/mol. The molecule has 0 spiro atoms. The van der Waals surface area contributed by atoms with Gasteiger partial charge in [0.25, 0.3) is 0 Å². The van der Waals surface area contributed by atoms with Crippen molar-refractivity contribution in [2.75, 3.05) is 25.4 Å². The lowest BCUT2D eigenvalue weighted by Crippen LogP contribution is -2.60. The number of ketones is 1. The van der Waals surface area contributed by atoms with Crippen molar-refractivity contribution < 1.29 is 19.5 Å². The van der Waals surface area contributed by atoms with Gasteiger partial charge in [0, 0.05) is 46.7 Å². The van der Waals surface area contributed by atoms with Crippen LogP contribution in [0.3, 0.4) is 0 Å². The Labute approximate surface area is 269 Å². The Morgan fingerprint density at radius 2 is 1.66 bits per heavy atom. The Morgan fingerprint density at radius 3 is 2.30 bits per heavy atom. The zero-order valence-electron chi connectivity index (χ0n) is 27.7. The summed E-state index contributed by atoms with van der Waals surface area (Å²) in [6.45, 7) is 12.8. The van der Waals surface area contributed by atoms with E-state index in [-0.39, 0.29) is 35.7 Å². The van der Waals surface area contributed by atoms with E-state index >= 15 is 0 Å². The second-order valence-electron chi connectivity index (χ2n) is 15.1. The highest BCUT2D eigenvalue weighted by Crippen LogP contribution is 2.39. The van der Waals surface area contributed by atoms with E-state index in [4.69, 9.17) is 0 Å². The first-order valence-corrected chi connectivity index (χ1v) is 17.7. The molecular formula is C35H56N4O4S. The van der Waals surface area contributed by atoms with E-state index in [1.165, 1.54) is 12.8 Å². The van der Waals surface area contributed by atoms with Gasteiger partial charge < -0.3 is 21.1 Å². The Hall–Kier alpha value is -1.94. The van der Waals surface area contributed by atoms with E-state index in [9.17, 15) is 19.5 Å². The molecule has 0 bridgehead atoms. The number of aliphatic hydroxyl groups is 1. The normalized spacial score (nSPS) is 24.9. The minimum absolute atomic E-state index is 0.0154. The largest absolute Gasteiger partial charge is 0.390 e. The van der Waals surface area contributed by atoms with Crippen LogP contribution >= 0.6 is 11.8 Å². The van der Waals surface area contributed by atoms with Gasteiger partial charge in [-0.2, -0.15) is 0 Å². The topological polar surface area (TPSA) is 111 Å². The average Bonchev–Trinajstić information content (AvgIpc) is 3.81. The molecule has 44 heavy (non-hydrogen) atoms. The molecule has 1 aliphatic heterocycles. The summed E-state index contributed by atoms with van der Waals surface area (Å²) in [5.74, 6) is 0.758. The number of rotatable bonds is 14. The van der Waals surface area contributed by atoms with Crippen LogP contribution in [0.1, 0.15) is 86.5 Å². The Morgan fingerprint density at radius 1 is 1.00 bits per heavy atom. The minimum atomic E-state index is -0.886. The molecule has 0 aromatic heterocycles. The first kappa shape index (κ1) is 34.9. The fraction of sp³-hybridized carbons (Fsp3) is 0.743. The number of hydrogen-bond acceptors (Lipinski definition) is 7. The van der Waals surface area contributed by atoms with Crippen LogP contribution in [0.5, 0.6) is 0 Å². The third kappa shape index (κ3) is 9.78. The van der Waals surface area contributed by atoms with Gasteiger partial charge in [0.15, 0.2) is 5.78 Å². The molecule has 3 fully saturated rings. The minimum Gasteiger partial charge on any atom is -0.390 e. The van der Waals surface area contributed by atoms with Crippen LogP contribution in [0, 0.1) is 23.2 Å². The van der Waals surface area contributed by atoms with Gasteiger partial charge in [-0.15, -0.1) is 11.8 Å². The molecule has 1 aromatic rings. The lowest BCUT2D eigenvalue weighted by Gasteiger charge is -2.47. The number of thioether (sulfide) groups is 1. The van der Waals surface area contributed by atoms with Crippen LogP contribution < -0.4 is 16.0 Å². The average molecular weight is 629 g/mol. The van der Waals surface area contributed by atoms with Gasteiger partial charge in [-0.05, 0) is 70.4 Å². The van der Waals surface area contributed by atoms with E-state index in [0.29, 0.717) is 30.2 Å². The van der Waals surface area contributed by atoms with Crippen molar-refractivity contribution in [3.05, 3.63) is 30.3 Å². The number of fused-ring (bicyclic) bond motifs is 1. The van der Waals surface area contributed by atoms with Crippen LogP contribution in [0.4, 0.5) is 0 Å². The number of nitrogens with one attached hydrogen (secondary N) is 3. The molecule has 4 N–H and O–H groups in total. The van der Waals surface area contributed by atoms with Crippen LogP contribution in [0.2, 0.25) is 0 Å². The van der Waals surface area contributed by atoms with Crippen molar-refractivity contribution in [2.24, 2.45) is 23.2 Å². The summed E-state index contributed by atoms with van der Waals surface area (Å²) in [5, 5.41) is 21.4. The van der Waals surface area contributed by atoms with E-state index in [2.05, 4.69) is 20.9 Å². The van der Waals surface area contributed by atoms with Crippen LogP contribution in [-0.2, 0) is 14.4 Å². The van der Waals surface area contributed by atoms with E-state index in [1.807, 2.05) is 65.0 Å². The van der Waals surface area contributed by atoms with Gasteiger partial charge in [0.05, 0.1) is 24.7 Å². The monoisotopic (exact) mass is 628 g/mol. The van der Waals surface area contributed by atoms with Crippen LogP contribution in [0.25, 0.3) is 0 Å². The van der Waals surface area contributed by atoms with Crippen molar-refractivity contribution in [1.29, 1.82) is 0 Å². The maximum Gasteiger partial charge on any atom is 0.237 e. The van der Waals surface area contributed by atoms with Crippen molar-refractivity contribution in [2.45, 2.75) is 121 Å². The number of nitrogens with zero attached hydrogens (tertiary/aromatic N) is 1.